The van der Waals surface area contributed by atoms with Crippen molar-refractivity contribution in [3.63, 3.8) is 0 Å². The Labute approximate surface area is 117 Å². The molecule has 0 spiro atoms. The van der Waals surface area contributed by atoms with Gasteiger partial charge in [-0.15, -0.1) is 11.3 Å². The van der Waals surface area contributed by atoms with Crippen molar-refractivity contribution >= 4 is 27.3 Å². The molecule has 3 heteroatoms. The maximum absolute atomic E-state index is 3.66. The zero-order valence-corrected chi connectivity index (χ0v) is 12.9. The monoisotopic (exact) mass is 315 g/mol. The highest BCUT2D eigenvalue weighted by atomic mass is 79.9. The second-order valence-electron chi connectivity index (χ2n) is 5.01. The summed E-state index contributed by atoms with van der Waals surface area (Å²) in [5.41, 5.74) is 0. The van der Waals surface area contributed by atoms with Crippen LogP contribution in [0.15, 0.2) is 15.9 Å². The van der Waals surface area contributed by atoms with Crippen LogP contribution < -0.4 is 5.32 Å². The van der Waals surface area contributed by atoms with E-state index in [0.717, 1.165) is 18.4 Å². The normalized spacial score (nSPS) is 18.7. The summed E-state index contributed by atoms with van der Waals surface area (Å²) in [6.07, 6.45) is 7.02. The number of rotatable bonds is 6. The molecule has 1 aliphatic carbocycles. The molecule has 0 saturated heterocycles. The molecule has 0 aromatic carbocycles. The third-order valence-electron chi connectivity index (χ3n) is 3.86. The van der Waals surface area contributed by atoms with Crippen LogP contribution >= 0.6 is 27.3 Å². The predicted octanol–water partition coefficient (Wildman–Crippen LogP) is 4.47. The number of thiophene rings is 1. The van der Waals surface area contributed by atoms with Crippen LogP contribution in [0, 0.1) is 11.8 Å². The summed E-state index contributed by atoms with van der Waals surface area (Å²) in [7, 11) is 0. The van der Waals surface area contributed by atoms with Crippen molar-refractivity contribution in [2.24, 2.45) is 11.8 Å². The van der Waals surface area contributed by atoms with Crippen molar-refractivity contribution in [1.82, 2.24) is 5.32 Å². The van der Waals surface area contributed by atoms with Gasteiger partial charge in [0.15, 0.2) is 0 Å². The molecule has 1 saturated carbocycles. The molecule has 17 heavy (non-hydrogen) atoms. The van der Waals surface area contributed by atoms with Crippen LogP contribution in [0.1, 0.15) is 37.5 Å². The summed E-state index contributed by atoms with van der Waals surface area (Å²) in [4.78, 5) is 1.53. The zero-order valence-electron chi connectivity index (χ0n) is 10.5. The standard InChI is InChI=1S/C14H22BrNS/c1-2-16-10-12(11-5-3-4-6-11)9-14-13(15)7-8-17-14/h7-8,11-12,16H,2-6,9-10H2,1H3. The molecule has 1 fully saturated rings. The first-order valence-corrected chi connectivity index (χ1v) is 8.41. The van der Waals surface area contributed by atoms with Gasteiger partial charge in [0, 0.05) is 9.35 Å². The number of nitrogens with one attached hydrogen (secondary N) is 1. The van der Waals surface area contributed by atoms with Gasteiger partial charge in [-0.25, -0.2) is 0 Å². The van der Waals surface area contributed by atoms with Crippen LogP contribution in [0.4, 0.5) is 0 Å². The van der Waals surface area contributed by atoms with Crippen LogP contribution in [0.2, 0.25) is 0 Å². The number of hydrogen-bond acceptors (Lipinski definition) is 2. The molecule has 1 unspecified atom stereocenters. The van der Waals surface area contributed by atoms with Crippen molar-refractivity contribution in [2.75, 3.05) is 13.1 Å². The lowest BCUT2D eigenvalue weighted by atomic mass is 9.87. The molecule has 0 bridgehead atoms. The van der Waals surface area contributed by atoms with Crippen LogP contribution in [0.5, 0.6) is 0 Å². The van der Waals surface area contributed by atoms with E-state index in [2.05, 4.69) is 39.6 Å². The third-order valence-corrected chi connectivity index (χ3v) is 5.81. The molecule has 96 valence electrons. The molecule has 1 atom stereocenters. The minimum absolute atomic E-state index is 0.826. The summed E-state index contributed by atoms with van der Waals surface area (Å²) in [5.74, 6) is 1.77. The second-order valence-corrected chi connectivity index (χ2v) is 6.86. The molecular weight excluding hydrogens is 294 g/mol. The smallest absolute Gasteiger partial charge is 0.0314 e. The van der Waals surface area contributed by atoms with Crippen molar-refractivity contribution in [2.45, 2.75) is 39.0 Å². The maximum Gasteiger partial charge on any atom is 0.0314 e. The minimum Gasteiger partial charge on any atom is -0.317 e. The van der Waals surface area contributed by atoms with E-state index in [1.54, 1.807) is 0 Å². The van der Waals surface area contributed by atoms with Gasteiger partial charge in [-0.3, -0.25) is 0 Å². The third kappa shape index (κ3) is 3.80. The molecule has 1 N–H and O–H groups in total. The van der Waals surface area contributed by atoms with E-state index in [9.17, 15) is 0 Å². The average molecular weight is 316 g/mol. The lowest BCUT2D eigenvalue weighted by Gasteiger charge is -2.23. The van der Waals surface area contributed by atoms with Crippen LogP contribution in [0.25, 0.3) is 0 Å². The fourth-order valence-corrected chi connectivity index (χ4v) is 4.48. The molecule has 1 nitrogen and oxygen atoms in total. The Kier molecular flexibility index (Phi) is 5.51. The van der Waals surface area contributed by atoms with E-state index in [-0.39, 0.29) is 0 Å². The first kappa shape index (κ1) is 13.6. The molecule has 1 heterocycles. The van der Waals surface area contributed by atoms with E-state index in [0.29, 0.717) is 0 Å². The van der Waals surface area contributed by atoms with Crippen molar-refractivity contribution in [3.05, 3.63) is 20.8 Å². The number of halogens is 1. The molecule has 1 aromatic heterocycles. The summed E-state index contributed by atoms with van der Waals surface area (Å²) in [5, 5.41) is 5.74. The van der Waals surface area contributed by atoms with Gasteiger partial charge in [0.25, 0.3) is 0 Å². The highest BCUT2D eigenvalue weighted by Crippen LogP contribution is 2.35. The SMILES string of the molecule is CCNCC(Cc1sccc1Br)C1CCCC1. The van der Waals surface area contributed by atoms with Gasteiger partial charge in [-0.1, -0.05) is 32.6 Å². The Bertz CT molecular complexity index is 331. The van der Waals surface area contributed by atoms with Crippen molar-refractivity contribution in [3.8, 4) is 0 Å². The van der Waals surface area contributed by atoms with E-state index >= 15 is 0 Å². The largest absolute Gasteiger partial charge is 0.317 e. The highest BCUT2D eigenvalue weighted by Gasteiger charge is 2.25. The van der Waals surface area contributed by atoms with Crippen molar-refractivity contribution < 1.29 is 0 Å². The zero-order chi connectivity index (χ0) is 12.1. The summed E-state index contributed by atoms with van der Waals surface area (Å²) in [6.45, 7) is 4.48. The summed E-state index contributed by atoms with van der Waals surface area (Å²) in [6, 6.07) is 2.18. The lowest BCUT2D eigenvalue weighted by Crippen LogP contribution is -2.28. The van der Waals surface area contributed by atoms with Gasteiger partial charge in [0.05, 0.1) is 0 Å². The van der Waals surface area contributed by atoms with Gasteiger partial charge >= 0.3 is 0 Å². The fourth-order valence-electron chi connectivity index (χ4n) is 2.87. The maximum atomic E-state index is 3.66. The highest BCUT2D eigenvalue weighted by molar-refractivity contribution is 9.10. The first-order chi connectivity index (χ1) is 8.31. The Morgan fingerprint density at radius 2 is 2.24 bits per heavy atom. The van der Waals surface area contributed by atoms with Crippen LogP contribution in [-0.2, 0) is 6.42 Å². The minimum atomic E-state index is 0.826. The summed E-state index contributed by atoms with van der Waals surface area (Å²) >= 11 is 5.56. The quantitative estimate of drug-likeness (QED) is 0.816. The van der Waals surface area contributed by atoms with E-state index < -0.39 is 0 Å². The molecule has 1 aliphatic rings. The van der Waals surface area contributed by atoms with Crippen LogP contribution in [-0.4, -0.2) is 13.1 Å². The second kappa shape index (κ2) is 6.91. The van der Waals surface area contributed by atoms with E-state index in [1.807, 2.05) is 11.3 Å². The molecule has 0 radical (unpaired) electrons. The Morgan fingerprint density at radius 3 is 2.82 bits per heavy atom. The van der Waals surface area contributed by atoms with Crippen molar-refractivity contribution in [1.29, 1.82) is 0 Å². The first-order valence-electron chi connectivity index (χ1n) is 6.73. The lowest BCUT2D eigenvalue weighted by molar-refractivity contribution is 0.324. The molecule has 1 aromatic rings. The van der Waals surface area contributed by atoms with E-state index in [4.69, 9.17) is 0 Å². The van der Waals surface area contributed by atoms with Gasteiger partial charge in [0.1, 0.15) is 0 Å². The molecule has 2 rings (SSSR count). The Morgan fingerprint density at radius 1 is 1.47 bits per heavy atom. The van der Waals surface area contributed by atoms with Gasteiger partial charge < -0.3 is 5.32 Å². The Hall–Kier alpha value is 0.140. The van der Waals surface area contributed by atoms with E-state index in [1.165, 1.54) is 48.0 Å². The molecule has 0 aliphatic heterocycles. The molecule has 0 amide bonds. The average Bonchev–Trinajstić information content (AvgIpc) is 2.96. The Balaban J connectivity index is 1.97. The topological polar surface area (TPSA) is 12.0 Å². The number of hydrogen-bond donors (Lipinski definition) is 1. The fraction of sp³-hybridized carbons (Fsp3) is 0.714. The molecular formula is C14H22BrNS. The van der Waals surface area contributed by atoms with Gasteiger partial charge in [0.2, 0.25) is 0 Å². The van der Waals surface area contributed by atoms with Gasteiger partial charge in [-0.2, -0.15) is 0 Å². The summed E-state index contributed by atoms with van der Waals surface area (Å²) < 4.78 is 1.31. The van der Waals surface area contributed by atoms with Crippen LogP contribution in [0.3, 0.4) is 0 Å². The van der Waals surface area contributed by atoms with Gasteiger partial charge in [-0.05, 0) is 58.7 Å². The predicted molar refractivity (Wildman–Crippen MR) is 79.7 cm³/mol.